The van der Waals surface area contributed by atoms with E-state index in [1.165, 1.54) is 23.3 Å². The second kappa shape index (κ2) is 5.84. The highest BCUT2D eigenvalue weighted by atomic mass is 32.2. The van der Waals surface area contributed by atoms with E-state index >= 15 is 0 Å². The number of benzene rings is 2. The molecule has 0 aliphatic heterocycles. The molecule has 2 N–H and O–H groups in total. The van der Waals surface area contributed by atoms with Crippen LogP contribution in [0.25, 0.3) is 0 Å². The van der Waals surface area contributed by atoms with Gasteiger partial charge in [0.15, 0.2) is 0 Å². The molecule has 0 aliphatic carbocycles. The molecule has 0 aliphatic rings. The standard InChI is InChI=1S/C14H14FNS/c15-13-5-7-14(8-6-13)17-10-12-4-2-1-3-11(12)9-16/h1-8H,9-10,16H2. The zero-order valence-corrected chi connectivity index (χ0v) is 10.2. The summed E-state index contributed by atoms with van der Waals surface area (Å²) in [6, 6.07) is 14.7. The third-order valence-corrected chi connectivity index (χ3v) is 3.61. The summed E-state index contributed by atoms with van der Waals surface area (Å²) in [5, 5.41) is 0. The largest absolute Gasteiger partial charge is 0.326 e. The van der Waals surface area contributed by atoms with Gasteiger partial charge in [0, 0.05) is 17.2 Å². The quantitative estimate of drug-likeness (QED) is 0.836. The summed E-state index contributed by atoms with van der Waals surface area (Å²) in [6.07, 6.45) is 0. The van der Waals surface area contributed by atoms with Gasteiger partial charge in [0.1, 0.15) is 5.82 Å². The summed E-state index contributed by atoms with van der Waals surface area (Å²) < 4.78 is 12.7. The maximum Gasteiger partial charge on any atom is 0.123 e. The fraction of sp³-hybridized carbons (Fsp3) is 0.143. The molecule has 0 spiro atoms. The Hall–Kier alpha value is -1.32. The summed E-state index contributed by atoms with van der Waals surface area (Å²) in [5.74, 6) is 0.663. The summed E-state index contributed by atoms with van der Waals surface area (Å²) in [7, 11) is 0. The molecule has 88 valence electrons. The van der Waals surface area contributed by atoms with Crippen molar-refractivity contribution in [1.82, 2.24) is 0 Å². The summed E-state index contributed by atoms with van der Waals surface area (Å²) in [5.41, 5.74) is 8.09. The Labute approximate surface area is 105 Å². The Bertz CT molecular complexity index is 482. The van der Waals surface area contributed by atoms with Crippen LogP contribution in [-0.2, 0) is 12.3 Å². The van der Waals surface area contributed by atoms with Crippen LogP contribution in [0, 0.1) is 5.82 Å². The Morgan fingerprint density at radius 3 is 2.24 bits per heavy atom. The van der Waals surface area contributed by atoms with Gasteiger partial charge in [0.25, 0.3) is 0 Å². The topological polar surface area (TPSA) is 26.0 Å². The Morgan fingerprint density at radius 2 is 1.59 bits per heavy atom. The van der Waals surface area contributed by atoms with Gasteiger partial charge in [-0.15, -0.1) is 11.8 Å². The minimum atomic E-state index is -0.197. The van der Waals surface area contributed by atoms with Crippen LogP contribution in [0.5, 0.6) is 0 Å². The molecule has 1 nitrogen and oxygen atoms in total. The van der Waals surface area contributed by atoms with Gasteiger partial charge in [0.05, 0.1) is 0 Å². The van der Waals surface area contributed by atoms with Crippen LogP contribution in [0.4, 0.5) is 4.39 Å². The lowest BCUT2D eigenvalue weighted by molar-refractivity contribution is 0.626. The average molecular weight is 247 g/mol. The van der Waals surface area contributed by atoms with Crippen molar-refractivity contribution in [3.8, 4) is 0 Å². The van der Waals surface area contributed by atoms with Crippen molar-refractivity contribution < 1.29 is 4.39 Å². The highest BCUT2D eigenvalue weighted by Crippen LogP contribution is 2.24. The number of halogens is 1. The van der Waals surface area contributed by atoms with Crippen molar-refractivity contribution in [2.45, 2.75) is 17.2 Å². The van der Waals surface area contributed by atoms with Gasteiger partial charge in [-0.2, -0.15) is 0 Å². The lowest BCUT2D eigenvalue weighted by atomic mass is 10.1. The second-order valence-corrected chi connectivity index (χ2v) is 4.76. The van der Waals surface area contributed by atoms with Gasteiger partial charge in [-0.3, -0.25) is 0 Å². The predicted molar refractivity (Wildman–Crippen MR) is 70.3 cm³/mol. The van der Waals surface area contributed by atoms with Crippen LogP contribution in [0.3, 0.4) is 0 Å². The summed E-state index contributed by atoms with van der Waals surface area (Å²) in [4.78, 5) is 1.07. The molecule has 0 unspecified atom stereocenters. The van der Waals surface area contributed by atoms with E-state index in [0.717, 1.165) is 10.6 Å². The van der Waals surface area contributed by atoms with Crippen LogP contribution in [0.2, 0.25) is 0 Å². The molecule has 0 heterocycles. The van der Waals surface area contributed by atoms with Gasteiger partial charge >= 0.3 is 0 Å². The van der Waals surface area contributed by atoms with Gasteiger partial charge in [-0.25, -0.2) is 4.39 Å². The molecule has 0 amide bonds. The fourth-order valence-electron chi connectivity index (χ4n) is 1.59. The molecule has 0 fully saturated rings. The zero-order valence-electron chi connectivity index (χ0n) is 9.40. The molecular formula is C14H14FNS. The van der Waals surface area contributed by atoms with Crippen molar-refractivity contribution in [2.24, 2.45) is 5.73 Å². The Morgan fingerprint density at radius 1 is 0.941 bits per heavy atom. The molecule has 0 saturated carbocycles. The third-order valence-electron chi connectivity index (χ3n) is 2.55. The van der Waals surface area contributed by atoms with Crippen LogP contribution in [0.15, 0.2) is 53.4 Å². The minimum Gasteiger partial charge on any atom is -0.326 e. The lowest BCUT2D eigenvalue weighted by Gasteiger charge is -2.07. The van der Waals surface area contributed by atoms with Crippen molar-refractivity contribution in [1.29, 1.82) is 0 Å². The van der Waals surface area contributed by atoms with Crippen LogP contribution >= 0.6 is 11.8 Å². The minimum absolute atomic E-state index is 0.197. The second-order valence-electron chi connectivity index (χ2n) is 3.72. The smallest absolute Gasteiger partial charge is 0.123 e. The molecular weight excluding hydrogens is 233 g/mol. The van der Waals surface area contributed by atoms with Crippen LogP contribution < -0.4 is 5.73 Å². The lowest BCUT2D eigenvalue weighted by Crippen LogP contribution is -2.00. The molecule has 0 saturated heterocycles. The van der Waals surface area contributed by atoms with Gasteiger partial charge in [0.2, 0.25) is 0 Å². The zero-order chi connectivity index (χ0) is 12.1. The number of hydrogen-bond donors (Lipinski definition) is 1. The fourth-order valence-corrected chi connectivity index (χ4v) is 2.52. The third kappa shape index (κ3) is 3.32. The highest BCUT2D eigenvalue weighted by molar-refractivity contribution is 7.98. The predicted octanol–water partition coefficient (Wildman–Crippen LogP) is 3.58. The summed E-state index contributed by atoms with van der Waals surface area (Å²) in [6.45, 7) is 0.556. The monoisotopic (exact) mass is 247 g/mol. The first kappa shape index (κ1) is 12.1. The molecule has 2 aromatic rings. The van der Waals surface area contributed by atoms with Crippen molar-refractivity contribution in [2.75, 3.05) is 0 Å². The molecule has 2 aromatic carbocycles. The van der Waals surface area contributed by atoms with E-state index in [1.807, 2.05) is 18.2 Å². The van der Waals surface area contributed by atoms with Crippen molar-refractivity contribution in [3.63, 3.8) is 0 Å². The maximum absolute atomic E-state index is 12.7. The number of nitrogens with two attached hydrogens (primary N) is 1. The Kier molecular flexibility index (Phi) is 4.18. The van der Waals surface area contributed by atoms with E-state index in [1.54, 1.807) is 23.9 Å². The van der Waals surface area contributed by atoms with E-state index in [0.29, 0.717) is 6.54 Å². The normalized spacial score (nSPS) is 10.5. The first-order valence-corrected chi connectivity index (χ1v) is 6.43. The highest BCUT2D eigenvalue weighted by Gasteiger charge is 2.01. The van der Waals surface area contributed by atoms with Gasteiger partial charge < -0.3 is 5.73 Å². The molecule has 0 radical (unpaired) electrons. The molecule has 0 aromatic heterocycles. The van der Waals surface area contributed by atoms with Gasteiger partial charge in [-0.05, 0) is 35.4 Å². The molecule has 2 rings (SSSR count). The van der Waals surface area contributed by atoms with Gasteiger partial charge in [-0.1, -0.05) is 24.3 Å². The van der Waals surface area contributed by atoms with Crippen molar-refractivity contribution >= 4 is 11.8 Å². The Balaban J connectivity index is 2.04. The molecule has 0 bridgehead atoms. The number of hydrogen-bond acceptors (Lipinski definition) is 2. The van der Waals surface area contributed by atoms with E-state index in [4.69, 9.17) is 5.73 Å². The molecule has 0 atom stereocenters. The van der Waals surface area contributed by atoms with E-state index in [9.17, 15) is 4.39 Å². The van der Waals surface area contributed by atoms with E-state index in [2.05, 4.69) is 6.07 Å². The average Bonchev–Trinajstić information content (AvgIpc) is 2.38. The van der Waals surface area contributed by atoms with Crippen LogP contribution in [-0.4, -0.2) is 0 Å². The summed E-state index contributed by atoms with van der Waals surface area (Å²) >= 11 is 1.69. The van der Waals surface area contributed by atoms with E-state index in [-0.39, 0.29) is 5.82 Å². The number of thioether (sulfide) groups is 1. The first-order valence-electron chi connectivity index (χ1n) is 5.45. The maximum atomic E-state index is 12.7. The number of rotatable bonds is 4. The molecule has 3 heteroatoms. The van der Waals surface area contributed by atoms with Crippen LogP contribution in [0.1, 0.15) is 11.1 Å². The first-order chi connectivity index (χ1) is 8.29. The SMILES string of the molecule is NCc1ccccc1CSc1ccc(F)cc1. The van der Waals surface area contributed by atoms with E-state index < -0.39 is 0 Å². The molecule has 17 heavy (non-hydrogen) atoms. The van der Waals surface area contributed by atoms with Crippen molar-refractivity contribution in [3.05, 3.63) is 65.5 Å².